The maximum atomic E-state index is 12.6. The van der Waals surface area contributed by atoms with Crippen LogP contribution in [0.15, 0.2) is 35.4 Å². The van der Waals surface area contributed by atoms with Gasteiger partial charge in [0.1, 0.15) is 6.33 Å². The second-order valence-corrected chi connectivity index (χ2v) is 7.57. The Morgan fingerprint density at radius 1 is 1.21 bits per heavy atom. The van der Waals surface area contributed by atoms with Crippen molar-refractivity contribution >= 4 is 21.5 Å². The van der Waals surface area contributed by atoms with Gasteiger partial charge in [-0.3, -0.25) is 9.52 Å². The summed E-state index contributed by atoms with van der Waals surface area (Å²) in [5.74, 6) is 0.337. The number of aromatic amines is 1. The van der Waals surface area contributed by atoms with Crippen LogP contribution in [0.25, 0.3) is 17.0 Å². The topological polar surface area (TPSA) is 109 Å². The van der Waals surface area contributed by atoms with Gasteiger partial charge in [-0.1, -0.05) is 26.0 Å². The molecule has 1 aromatic carbocycles. The Balaban J connectivity index is 2.15. The Labute approximate surface area is 138 Å². The van der Waals surface area contributed by atoms with Crippen molar-refractivity contribution in [1.29, 1.82) is 0 Å². The highest BCUT2D eigenvalue weighted by atomic mass is 32.2. The lowest BCUT2D eigenvalue weighted by molar-refractivity contribution is 0.607. The molecule has 8 nitrogen and oxygen atoms in total. The van der Waals surface area contributed by atoms with Crippen molar-refractivity contribution in [2.24, 2.45) is 0 Å². The molecule has 2 N–H and O–H groups in total. The fourth-order valence-corrected chi connectivity index (χ4v) is 3.12. The van der Waals surface area contributed by atoms with Gasteiger partial charge in [0.05, 0.1) is 11.9 Å². The maximum Gasteiger partial charge on any atom is 0.279 e. The molecular formula is C15H17N5O3S. The van der Waals surface area contributed by atoms with Crippen molar-refractivity contribution in [2.45, 2.75) is 19.8 Å². The first-order valence-electron chi connectivity index (χ1n) is 7.30. The number of benzene rings is 1. The highest BCUT2D eigenvalue weighted by Gasteiger charge is 2.17. The van der Waals surface area contributed by atoms with Gasteiger partial charge in [0, 0.05) is 11.3 Å². The van der Waals surface area contributed by atoms with Gasteiger partial charge < -0.3 is 4.98 Å². The lowest BCUT2D eigenvalue weighted by Gasteiger charge is -2.13. The Morgan fingerprint density at radius 2 is 1.88 bits per heavy atom. The fraction of sp³-hybridized carbons (Fsp3) is 0.267. The number of hydrogen-bond acceptors (Lipinski definition) is 5. The van der Waals surface area contributed by atoms with E-state index in [9.17, 15) is 13.2 Å². The van der Waals surface area contributed by atoms with Crippen molar-refractivity contribution in [1.82, 2.24) is 19.6 Å². The first-order valence-corrected chi connectivity index (χ1v) is 9.19. The maximum absolute atomic E-state index is 12.6. The molecule has 0 spiro atoms. The minimum atomic E-state index is -3.33. The predicted octanol–water partition coefficient (Wildman–Crippen LogP) is 1.58. The predicted molar refractivity (Wildman–Crippen MR) is 91.6 cm³/mol. The summed E-state index contributed by atoms with van der Waals surface area (Å²) in [6.07, 6.45) is 2.41. The lowest BCUT2D eigenvalue weighted by atomic mass is 9.98. The molecule has 3 rings (SSSR count). The van der Waals surface area contributed by atoms with Crippen molar-refractivity contribution in [3.63, 3.8) is 0 Å². The number of hydrogen-bond donors (Lipinski definition) is 2. The summed E-state index contributed by atoms with van der Waals surface area (Å²) in [6.45, 7) is 3.85. The Morgan fingerprint density at radius 3 is 2.46 bits per heavy atom. The standard InChI is InChI=1S/C15H17N5O3S/c1-9(2)12-13(18-15-16-8-17-20(15)14(12)21)10-4-6-11(7-5-10)19-24(3,22)23/h4-9,19H,1-3H3,(H,16,17,18). The molecule has 0 atom stereocenters. The van der Waals surface area contributed by atoms with Gasteiger partial charge in [-0.05, 0) is 23.6 Å². The zero-order chi connectivity index (χ0) is 17.5. The fourth-order valence-electron chi connectivity index (χ4n) is 2.56. The average molecular weight is 347 g/mol. The monoisotopic (exact) mass is 347 g/mol. The number of nitrogens with zero attached hydrogens (tertiary/aromatic N) is 3. The van der Waals surface area contributed by atoms with E-state index in [0.29, 0.717) is 22.7 Å². The molecule has 24 heavy (non-hydrogen) atoms. The van der Waals surface area contributed by atoms with E-state index in [1.54, 1.807) is 24.3 Å². The molecule has 9 heteroatoms. The first kappa shape index (κ1) is 16.2. The highest BCUT2D eigenvalue weighted by molar-refractivity contribution is 7.92. The van der Waals surface area contributed by atoms with Crippen LogP contribution in [-0.2, 0) is 10.0 Å². The Bertz CT molecular complexity index is 1050. The van der Waals surface area contributed by atoms with Crippen LogP contribution in [0.1, 0.15) is 25.3 Å². The smallest absolute Gasteiger partial charge is 0.279 e. The average Bonchev–Trinajstić information content (AvgIpc) is 2.94. The van der Waals surface area contributed by atoms with Crippen LogP contribution in [0.4, 0.5) is 5.69 Å². The third-order valence-corrected chi connectivity index (χ3v) is 4.14. The molecule has 126 valence electrons. The van der Waals surface area contributed by atoms with E-state index in [4.69, 9.17) is 0 Å². The van der Waals surface area contributed by atoms with Crippen LogP contribution >= 0.6 is 0 Å². The number of H-pyrrole nitrogens is 1. The molecule has 0 bridgehead atoms. The Hall–Kier alpha value is -2.68. The normalized spacial score (nSPS) is 12.0. The van der Waals surface area contributed by atoms with Crippen LogP contribution in [0, 0.1) is 0 Å². The SMILES string of the molecule is CC(C)c1c(-c2ccc(NS(C)(=O)=O)cc2)[nH]c2ncnn2c1=O. The van der Waals surface area contributed by atoms with Gasteiger partial charge in [0.25, 0.3) is 5.56 Å². The molecule has 0 aliphatic carbocycles. The van der Waals surface area contributed by atoms with Crippen LogP contribution in [0.5, 0.6) is 0 Å². The molecule has 0 fully saturated rings. The van der Waals surface area contributed by atoms with E-state index < -0.39 is 10.0 Å². The van der Waals surface area contributed by atoms with E-state index in [1.807, 2.05) is 13.8 Å². The van der Waals surface area contributed by atoms with E-state index in [2.05, 4.69) is 19.8 Å². The van der Waals surface area contributed by atoms with Gasteiger partial charge >= 0.3 is 0 Å². The van der Waals surface area contributed by atoms with Crippen molar-refractivity contribution in [3.05, 3.63) is 46.5 Å². The van der Waals surface area contributed by atoms with Crippen LogP contribution in [0.2, 0.25) is 0 Å². The van der Waals surface area contributed by atoms with Crippen molar-refractivity contribution in [3.8, 4) is 11.3 Å². The van der Waals surface area contributed by atoms with E-state index in [-0.39, 0.29) is 11.5 Å². The first-order chi connectivity index (χ1) is 11.3. The van der Waals surface area contributed by atoms with Gasteiger partial charge in [-0.2, -0.15) is 14.6 Å². The number of anilines is 1. The molecule has 0 amide bonds. The summed E-state index contributed by atoms with van der Waals surface area (Å²) < 4.78 is 26.2. The Kier molecular flexibility index (Phi) is 3.88. The van der Waals surface area contributed by atoms with Gasteiger partial charge in [-0.25, -0.2) is 8.42 Å². The third-order valence-electron chi connectivity index (χ3n) is 3.53. The minimum absolute atomic E-state index is 0.0221. The zero-order valence-electron chi connectivity index (χ0n) is 13.4. The largest absolute Gasteiger partial charge is 0.323 e. The summed E-state index contributed by atoms with van der Waals surface area (Å²) in [4.78, 5) is 19.8. The van der Waals surface area contributed by atoms with E-state index in [1.165, 1.54) is 10.8 Å². The molecule has 0 aliphatic rings. The molecule has 2 heterocycles. The number of fused-ring (bicyclic) bond motifs is 1. The van der Waals surface area contributed by atoms with Gasteiger partial charge in [-0.15, -0.1) is 0 Å². The van der Waals surface area contributed by atoms with Crippen LogP contribution in [0.3, 0.4) is 0 Å². The molecule has 2 aromatic heterocycles. The van der Waals surface area contributed by atoms with Crippen LogP contribution in [-0.4, -0.2) is 34.3 Å². The molecule has 0 unspecified atom stereocenters. The molecule has 0 saturated heterocycles. The quantitative estimate of drug-likeness (QED) is 0.745. The molecule has 0 aliphatic heterocycles. The second-order valence-electron chi connectivity index (χ2n) is 5.82. The summed E-state index contributed by atoms with van der Waals surface area (Å²) in [6, 6.07) is 6.79. The third kappa shape index (κ3) is 3.02. The van der Waals surface area contributed by atoms with E-state index >= 15 is 0 Å². The number of sulfonamides is 1. The van der Waals surface area contributed by atoms with Gasteiger partial charge in [0.2, 0.25) is 15.8 Å². The van der Waals surface area contributed by atoms with Gasteiger partial charge in [0.15, 0.2) is 0 Å². The number of rotatable bonds is 4. The summed E-state index contributed by atoms with van der Waals surface area (Å²) in [5.41, 5.74) is 2.25. The summed E-state index contributed by atoms with van der Waals surface area (Å²) in [7, 11) is -3.33. The number of nitrogens with one attached hydrogen (secondary N) is 2. The number of aromatic nitrogens is 4. The van der Waals surface area contributed by atoms with Crippen molar-refractivity contribution in [2.75, 3.05) is 11.0 Å². The molecule has 3 aromatic rings. The summed E-state index contributed by atoms with van der Waals surface area (Å²) in [5, 5.41) is 3.94. The minimum Gasteiger partial charge on any atom is -0.323 e. The molecular weight excluding hydrogens is 330 g/mol. The van der Waals surface area contributed by atoms with Crippen LogP contribution < -0.4 is 10.3 Å². The zero-order valence-corrected chi connectivity index (χ0v) is 14.3. The summed E-state index contributed by atoms with van der Waals surface area (Å²) >= 11 is 0. The lowest BCUT2D eigenvalue weighted by Crippen LogP contribution is -2.22. The van der Waals surface area contributed by atoms with E-state index in [0.717, 1.165) is 11.8 Å². The van der Waals surface area contributed by atoms with Crippen molar-refractivity contribution < 1.29 is 8.42 Å². The molecule has 0 radical (unpaired) electrons. The highest BCUT2D eigenvalue weighted by Crippen LogP contribution is 2.26. The molecule has 0 saturated carbocycles. The second kappa shape index (κ2) is 5.75.